The Morgan fingerprint density at radius 2 is 1.90 bits per heavy atom. The van der Waals surface area contributed by atoms with E-state index in [1.54, 1.807) is 0 Å². The van der Waals surface area contributed by atoms with Crippen LogP contribution in [0.3, 0.4) is 0 Å². The number of anilines is 1. The van der Waals surface area contributed by atoms with E-state index < -0.39 is 0 Å². The zero-order valence-electron chi connectivity index (χ0n) is 12.0. The van der Waals surface area contributed by atoms with Crippen LogP contribution >= 0.6 is 0 Å². The van der Waals surface area contributed by atoms with Crippen molar-refractivity contribution in [2.24, 2.45) is 5.92 Å². The number of hydrogen-bond acceptors (Lipinski definition) is 3. The molecule has 1 aliphatic rings. The SMILES string of the molecule is COC(=O)C1CC[NH+](CC(=O)Nc2ccc(F)cc2)CC1. The fourth-order valence-electron chi connectivity index (χ4n) is 2.57. The first-order valence-corrected chi connectivity index (χ1v) is 7.05. The van der Waals surface area contributed by atoms with Crippen LogP contribution in [-0.4, -0.2) is 38.6 Å². The minimum atomic E-state index is -0.330. The summed E-state index contributed by atoms with van der Waals surface area (Å²) in [6, 6.07) is 5.69. The molecule has 1 amide bonds. The number of carbonyl (C=O) groups excluding carboxylic acids is 2. The smallest absolute Gasteiger partial charge is 0.309 e. The van der Waals surface area contributed by atoms with E-state index in [0.717, 1.165) is 30.8 Å². The molecule has 5 nitrogen and oxygen atoms in total. The average molecular weight is 295 g/mol. The summed E-state index contributed by atoms with van der Waals surface area (Å²) in [7, 11) is 1.40. The number of amides is 1. The predicted octanol–water partition coefficient (Wildman–Crippen LogP) is 0.232. The molecule has 0 spiro atoms. The van der Waals surface area contributed by atoms with Crippen molar-refractivity contribution in [3.05, 3.63) is 30.1 Å². The monoisotopic (exact) mass is 295 g/mol. The lowest BCUT2D eigenvalue weighted by Gasteiger charge is -2.27. The Labute approximate surface area is 123 Å². The van der Waals surface area contributed by atoms with E-state index in [4.69, 9.17) is 4.74 Å². The van der Waals surface area contributed by atoms with Gasteiger partial charge in [0.25, 0.3) is 5.91 Å². The fourth-order valence-corrected chi connectivity index (χ4v) is 2.57. The van der Waals surface area contributed by atoms with Gasteiger partial charge >= 0.3 is 5.97 Å². The van der Waals surface area contributed by atoms with Gasteiger partial charge in [-0.15, -0.1) is 0 Å². The number of methoxy groups -OCH3 is 1. The van der Waals surface area contributed by atoms with Gasteiger partial charge in [-0.25, -0.2) is 4.39 Å². The highest BCUT2D eigenvalue weighted by Crippen LogP contribution is 2.11. The van der Waals surface area contributed by atoms with Crippen molar-refractivity contribution < 1.29 is 23.6 Å². The summed E-state index contributed by atoms with van der Waals surface area (Å²) in [4.78, 5) is 24.5. The van der Waals surface area contributed by atoms with Gasteiger partial charge in [-0.2, -0.15) is 0 Å². The van der Waals surface area contributed by atoms with Gasteiger partial charge in [0.15, 0.2) is 6.54 Å². The highest BCUT2D eigenvalue weighted by molar-refractivity contribution is 5.91. The lowest BCUT2D eigenvalue weighted by molar-refractivity contribution is -0.897. The summed E-state index contributed by atoms with van der Waals surface area (Å²) in [6.45, 7) is 1.90. The van der Waals surface area contributed by atoms with Crippen LogP contribution in [-0.2, 0) is 14.3 Å². The van der Waals surface area contributed by atoms with Gasteiger partial charge in [-0.1, -0.05) is 0 Å². The Balaban J connectivity index is 1.76. The van der Waals surface area contributed by atoms with Gasteiger partial charge in [0.05, 0.1) is 26.1 Å². The zero-order chi connectivity index (χ0) is 15.2. The number of carbonyl (C=O) groups is 2. The van der Waals surface area contributed by atoms with Crippen LogP contribution < -0.4 is 10.2 Å². The molecule has 0 saturated carbocycles. The van der Waals surface area contributed by atoms with Gasteiger partial charge in [-0.05, 0) is 24.3 Å². The summed E-state index contributed by atoms with van der Waals surface area (Å²) < 4.78 is 17.5. The summed E-state index contributed by atoms with van der Waals surface area (Å²) in [5.41, 5.74) is 0.588. The van der Waals surface area contributed by atoms with Crippen molar-refractivity contribution >= 4 is 17.6 Å². The third-order valence-electron chi connectivity index (χ3n) is 3.77. The fraction of sp³-hybridized carbons (Fsp3) is 0.467. The first-order chi connectivity index (χ1) is 10.1. The lowest BCUT2D eigenvalue weighted by atomic mass is 9.97. The molecule has 0 atom stereocenters. The van der Waals surface area contributed by atoms with Gasteiger partial charge in [0, 0.05) is 18.5 Å². The Morgan fingerprint density at radius 3 is 2.48 bits per heavy atom. The number of likely N-dealkylation sites (tertiary alicyclic amines) is 1. The van der Waals surface area contributed by atoms with Crippen LogP contribution in [0.25, 0.3) is 0 Å². The maximum Gasteiger partial charge on any atom is 0.309 e. The molecular weight excluding hydrogens is 275 g/mol. The number of ether oxygens (including phenoxy) is 1. The van der Waals surface area contributed by atoms with Crippen LogP contribution in [0, 0.1) is 11.7 Å². The lowest BCUT2D eigenvalue weighted by Crippen LogP contribution is -3.14. The first-order valence-electron chi connectivity index (χ1n) is 7.05. The molecule has 1 aromatic carbocycles. The number of halogens is 1. The number of piperidine rings is 1. The van der Waals surface area contributed by atoms with Crippen molar-refractivity contribution in [3.8, 4) is 0 Å². The summed E-state index contributed by atoms with van der Waals surface area (Å²) in [5, 5.41) is 2.74. The summed E-state index contributed by atoms with van der Waals surface area (Å²) in [5.74, 6) is -0.639. The van der Waals surface area contributed by atoms with Crippen LogP contribution in [0.2, 0.25) is 0 Å². The largest absolute Gasteiger partial charge is 0.469 e. The molecule has 21 heavy (non-hydrogen) atoms. The number of quaternary nitrogens is 1. The standard InChI is InChI=1S/C15H19FN2O3/c1-21-15(20)11-6-8-18(9-7-11)10-14(19)17-13-4-2-12(16)3-5-13/h2-5,11H,6-10H2,1H3,(H,17,19)/p+1. The Bertz CT molecular complexity index is 496. The van der Waals surface area contributed by atoms with Gasteiger partial charge in [0.2, 0.25) is 0 Å². The second-order valence-corrected chi connectivity index (χ2v) is 5.28. The quantitative estimate of drug-likeness (QED) is 0.782. The van der Waals surface area contributed by atoms with E-state index in [-0.39, 0.29) is 23.6 Å². The third-order valence-corrected chi connectivity index (χ3v) is 3.77. The molecule has 114 valence electrons. The molecule has 1 aliphatic heterocycles. The second kappa shape index (κ2) is 7.17. The minimum Gasteiger partial charge on any atom is -0.469 e. The van der Waals surface area contributed by atoms with Gasteiger partial charge in [0.1, 0.15) is 5.82 Å². The van der Waals surface area contributed by atoms with Crippen molar-refractivity contribution in [1.82, 2.24) is 0 Å². The van der Waals surface area contributed by atoms with Crippen molar-refractivity contribution in [3.63, 3.8) is 0 Å². The molecule has 0 radical (unpaired) electrons. The number of rotatable bonds is 4. The maximum atomic E-state index is 12.8. The van der Waals surface area contributed by atoms with Gasteiger partial charge < -0.3 is 15.0 Å². The molecule has 0 aromatic heterocycles. The molecule has 1 aromatic rings. The number of nitrogens with one attached hydrogen (secondary N) is 2. The predicted molar refractivity (Wildman–Crippen MR) is 75.3 cm³/mol. The highest BCUT2D eigenvalue weighted by atomic mass is 19.1. The summed E-state index contributed by atoms with van der Waals surface area (Å²) in [6.07, 6.45) is 1.48. The first kappa shape index (κ1) is 15.4. The maximum absolute atomic E-state index is 12.8. The zero-order valence-corrected chi connectivity index (χ0v) is 12.0. The minimum absolute atomic E-state index is 0.0427. The molecular formula is C15H20FN2O3+. The average Bonchev–Trinajstić information content (AvgIpc) is 2.49. The molecule has 2 N–H and O–H groups in total. The van der Waals surface area contributed by atoms with Crippen molar-refractivity contribution in [2.75, 3.05) is 32.1 Å². The Hall–Kier alpha value is -1.95. The second-order valence-electron chi connectivity index (χ2n) is 5.28. The van der Waals surface area contributed by atoms with E-state index >= 15 is 0 Å². The molecule has 1 heterocycles. The molecule has 0 aliphatic carbocycles. The Morgan fingerprint density at radius 1 is 1.29 bits per heavy atom. The van der Waals surface area contributed by atoms with Crippen LogP contribution in [0.15, 0.2) is 24.3 Å². The molecule has 0 bridgehead atoms. The van der Waals surface area contributed by atoms with Crippen LogP contribution in [0.4, 0.5) is 10.1 Å². The molecule has 0 unspecified atom stereocenters. The van der Waals surface area contributed by atoms with Crippen LogP contribution in [0.5, 0.6) is 0 Å². The van der Waals surface area contributed by atoms with Gasteiger partial charge in [-0.3, -0.25) is 9.59 Å². The molecule has 1 saturated heterocycles. The normalized spacial score (nSPS) is 21.6. The van der Waals surface area contributed by atoms with E-state index in [9.17, 15) is 14.0 Å². The molecule has 6 heteroatoms. The highest BCUT2D eigenvalue weighted by Gasteiger charge is 2.28. The number of esters is 1. The Kier molecular flexibility index (Phi) is 5.27. The summed E-state index contributed by atoms with van der Waals surface area (Å²) >= 11 is 0. The third kappa shape index (κ3) is 4.53. The molecule has 2 rings (SSSR count). The van der Waals surface area contributed by atoms with Crippen molar-refractivity contribution in [2.45, 2.75) is 12.8 Å². The number of hydrogen-bond donors (Lipinski definition) is 2. The van der Waals surface area contributed by atoms with E-state index in [1.807, 2.05) is 0 Å². The van der Waals surface area contributed by atoms with E-state index in [1.165, 1.54) is 31.4 Å². The van der Waals surface area contributed by atoms with E-state index in [2.05, 4.69) is 5.32 Å². The topological polar surface area (TPSA) is 59.8 Å². The number of benzene rings is 1. The molecule has 1 fully saturated rings. The van der Waals surface area contributed by atoms with E-state index in [0.29, 0.717) is 12.2 Å². The van der Waals surface area contributed by atoms with Crippen molar-refractivity contribution in [1.29, 1.82) is 0 Å². The van der Waals surface area contributed by atoms with Crippen LogP contribution in [0.1, 0.15) is 12.8 Å².